The molecule has 0 saturated heterocycles. The van der Waals surface area contributed by atoms with Crippen LogP contribution in [0.2, 0.25) is 0 Å². The highest BCUT2D eigenvalue weighted by molar-refractivity contribution is 4.94. The van der Waals surface area contributed by atoms with E-state index in [1.807, 2.05) is 6.92 Å². The predicted molar refractivity (Wildman–Crippen MR) is 77.2 cm³/mol. The van der Waals surface area contributed by atoms with Gasteiger partial charge in [-0.3, -0.25) is 0 Å². The molecule has 114 valence electrons. The van der Waals surface area contributed by atoms with Crippen LogP contribution in [-0.2, 0) is 11.2 Å². The third kappa shape index (κ3) is 4.03. The molecule has 0 spiro atoms. The third-order valence-electron chi connectivity index (χ3n) is 4.11. The van der Waals surface area contributed by atoms with E-state index in [4.69, 9.17) is 15.0 Å². The monoisotopic (exact) mass is 281 g/mol. The normalized spacial score (nSPS) is 19.4. The fourth-order valence-corrected chi connectivity index (χ4v) is 2.99. The third-order valence-corrected chi connectivity index (χ3v) is 4.11. The first-order valence-electron chi connectivity index (χ1n) is 7.94. The van der Waals surface area contributed by atoms with E-state index in [-0.39, 0.29) is 12.1 Å². The molecule has 2 unspecified atom stereocenters. The first-order valence-corrected chi connectivity index (χ1v) is 7.94. The summed E-state index contributed by atoms with van der Waals surface area (Å²) in [5.74, 6) is 1.94. The maximum atomic E-state index is 6.25. The summed E-state index contributed by atoms with van der Waals surface area (Å²) in [6.07, 6.45) is 7.66. The molecule has 1 aliphatic carbocycles. The Labute approximate surface area is 121 Å². The Morgan fingerprint density at radius 3 is 2.75 bits per heavy atom. The molecule has 0 aliphatic heterocycles. The number of aromatic nitrogens is 2. The molecular weight excluding hydrogens is 254 g/mol. The standard InChI is InChI=1S/C15H27N3O2/c1-3-7-13(19-4-2)15-17-14(20-18-15)10-12(16)11-8-5-6-9-11/h11-13H,3-10,16H2,1-2H3. The second-order valence-electron chi connectivity index (χ2n) is 5.69. The summed E-state index contributed by atoms with van der Waals surface area (Å²) < 4.78 is 11.0. The van der Waals surface area contributed by atoms with Gasteiger partial charge < -0.3 is 15.0 Å². The van der Waals surface area contributed by atoms with Crippen molar-refractivity contribution in [2.24, 2.45) is 11.7 Å². The van der Waals surface area contributed by atoms with Crippen molar-refractivity contribution in [2.45, 2.75) is 70.9 Å². The summed E-state index contributed by atoms with van der Waals surface area (Å²) >= 11 is 0. The molecule has 1 aromatic rings. The molecule has 0 bridgehead atoms. The lowest BCUT2D eigenvalue weighted by Crippen LogP contribution is -2.30. The molecule has 1 aromatic heterocycles. The van der Waals surface area contributed by atoms with Crippen LogP contribution >= 0.6 is 0 Å². The van der Waals surface area contributed by atoms with E-state index in [1.165, 1.54) is 25.7 Å². The lowest BCUT2D eigenvalue weighted by atomic mass is 9.96. The van der Waals surface area contributed by atoms with Gasteiger partial charge in [-0.25, -0.2) is 0 Å². The molecule has 0 aromatic carbocycles. The van der Waals surface area contributed by atoms with Crippen molar-refractivity contribution in [3.63, 3.8) is 0 Å². The van der Waals surface area contributed by atoms with Crippen LogP contribution in [0.4, 0.5) is 0 Å². The van der Waals surface area contributed by atoms with Crippen LogP contribution in [0.5, 0.6) is 0 Å². The average Bonchev–Trinajstić information content (AvgIpc) is 3.09. The van der Waals surface area contributed by atoms with Gasteiger partial charge in [0, 0.05) is 19.1 Å². The molecule has 2 atom stereocenters. The van der Waals surface area contributed by atoms with Gasteiger partial charge in [0.2, 0.25) is 11.7 Å². The molecule has 1 saturated carbocycles. The Bertz CT molecular complexity index is 382. The molecule has 1 fully saturated rings. The molecule has 1 heterocycles. The molecule has 2 N–H and O–H groups in total. The molecule has 0 amide bonds. The van der Waals surface area contributed by atoms with Gasteiger partial charge in [0.05, 0.1) is 0 Å². The van der Waals surface area contributed by atoms with E-state index in [0.29, 0.717) is 30.7 Å². The van der Waals surface area contributed by atoms with Crippen LogP contribution in [0.15, 0.2) is 4.52 Å². The highest BCUT2D eigenvalue weighted by Gasteiger charge is 2.25. The van der Waals surface area contributed by atoms with Crippen LogP contribution in [0, 0.1) is 5.92 Å². The number of rotatable bonds is 8. The Kier molecular flexibility index (Phi) is 5.98. The minimum absolute atomic E-state index is 0.0507. The van der Waals surface area contributed by atoms with Gasteiger partial charge in [0.15, 0.2) is 0 Å². The van der Waals surface area contributed by atoms with Crippen LogP contribution in [-0.4, -0.2) is 22.8 Å². The number of ether oxygens (including phenoxy) is 1. The fraction of sp³-hybridized carbons (Fsp3) is 0.867. The summed E-state index contributed by atoms with van der Waals surface area (Å²) in [5, 5.41) is 4.07. The van der Waals surface area contributed by atoms with Gasteiger partial charge in [-0.1, -0.05) is 31.3 Å². The summed E-state index contributed by atoms with van der Waals surface area (Å²) in [6.45, 7) is 4.78. The average molecular weight is 281 g/mol. The van der Waals surface area contributed by atoms with E-state index in [2.05, 4.69) is 17.1 Å². The van der Waals surface area contributed by atoms with Crippen molar-refractivity contribution in [1.82, 2.24) is 10.1 Å². The highest BCUT2D eigenvalue weighted by atomic mass is 16.5. The molecule has 2 rings (SSSR count). The predicted octanol–water partition coefficient (Wildman–Crippen LogP) is 3.01. The van der Waals surface area contributed by atoms with Crippen LogP contribution in [0.1, 0.15) is 70.2 Å². The summed E-state index contributed by atoms with van der Waals surface area (Å²) in [4.78, 5) is 4.48. The van der Waals surface area contributed by atoms with Crippen molar-refractivity contribution in [1.29, 1.82) is 0 Å². The number of nitrogens with zero attached hydrogens (tertiary/aromatic N) is 2. The van der Waals surface area contributed by atoms with E-state index < -0.39 is 0 Å². The van der Waals surface area contributed by atoms with Crippen molar-refractivity contribution >= 4 is 0 Å². The topological polar surface area (TPSA) is 74.2 Å². The van der Waals surface area contributed by atoms with Gasteiger partial charge in [0.25, 0.3) is 0 Å². The Hall–Kier alpha value is -0.940. The van der Waals surface area contributed by atoms with Crippen LogP contribution in [0.3, 0.4) is 0 Å². The fourth-order valence-electron chi connectivity index (χ4n) is 2.99. The Morgan fingerprint density at radius 1 is 1.35 bits per heavy atom. The summed E-state index contributed by atoms with van der Waals surface area (Å²) in [7, 11) is 0. The molecule has 5 heteroatoms. The van der Waals surface area contributed by atoms with E-state index >= 15 is 0 Å². The zero-order valence-corrected chi connectivity index (χ0v) is 12.7. The van der Waals surface area contributed by atoms with Crippen LogP contribution in [0.25, 0.3) is 0 Å². The minimum atomic E-state index is -0.0507. The first kappa shape index (κ1) is 15.4. The number of hydrogen-bond acceptors (Lipinski definition) is 5. The Morgan fingerprint density at radius 2 is 2.10 bits per heavy atom. The van der Waals surface area contributed by atoms with Crippen molar-refractivity contribution in [3.8, 4) is 0 Å². The highest BCUT2D eigenvalue weighted by Crippen LogP contribution is 2.28. The largest absolute Gasteiger partial charge is 0.370 e. The van der Waals surface area contributed by atoms with Gasteiger partial charge in [0.1, 0.15) is 6.10 Å². The SMILES string of the molecule is CCCC(OCC)c1noc(CC(N)C2CCCC2)n1. The molecule has 0 radical (unpaired) electrons. The zero-order valence-electron chi connectivity index (χ0n) is 12.7. The van der Waals surface area contributed by atoms with Gasteiger partial charge >= 0.3 is 0 Å². The van der Waals surface area contributed by atoms with Gasteiger partial charge in [-0.2, -0.15) is 4.98 Å². The lowest BCUT2D eigenvalue weighted by molar-refractivity contribution is 0.0477. The van der Waals surface area contributed by atoms with Crippen LogP contribution < -0.4 is 5.73 Å². The lowest BCUT2D eigenvalue weighted by Gasteiger charge is -2.16. The second-order valence-corrected chi connectivity index (χ2v) is 5.69. The van der Waals surface area contributed by atoms with Gasteiger partial charge in [-0.15, -0.1) is 0 Å². The van der Waals surface area contributed by atoms with Crippen molar-refractivity contribution in [3.05, 3.63) is 11.7 Å². The smallest absolute Gasteiger partial charge is 0.228 e. The van der Waals surface area contributed by atoms with Gasteiger partial charge in [-0.05, 0) is 32.1 Å². The van der Waals surface area contributed by atoms with E-state index in [0.717, 1.165) is 12.8 Å². The maximum absolute atomic E-state index is 6.25. The van der Waals surface area contributed by atoms with E-state index in [9.17, 15) is 0 Å². The maximum Gasteiger partial charge on any atom is 0.228 e. The number of hydrogen-bond donors (Lipinski definition) is 1. The van der Waals surface area contributed by atoms with Crippen molar-refractivity contribution < 1.29 is 9.26 Å². The minimum Gasteiger partial charge on any atom is -0.370 e. The first-order chi connectivity index (χ1) is 9.74. The quantitative estimate of drug-likeness (QED) is 0.792. The Balaban J connectivity index is 1.93. The summed E-state index contributed by atoms with van der Waals surface area (Å²) in [5.41, 5.74) is 6.25. The second kappa shape index (κ2) is 7.74. The number of nitrogens with two attached hydrogens (primary N) is 1. The molecule has 5 nitrogen and oxygen atoms in total. The molecule has 1 aliphatic rings. The molecule has 20 heavy (non-hydrogen) atoms. The van der Waals surface area contributed by atoms with Crippen molar-refractivity contribution in [2.75, 3.05) is 6.61 Å². The zero-order chi connectivity index (χ0) is 14.4. The molecular formula is C15H27N3O2. The van der Waals surface area contributed by atoms with E-state index in [1.54, 1.807) is 0 Å². The summed E-state index contributed by atoms with van der Waals surface area (Å²) in [6, 6.07) is 0.141.